The molecule has 26 heavy (non-hydrogen) atoms. The Balaban J connectivity index is 0.00000338. The van der Waals surface area contributed by atoms with E-state index in [0.717, 1.165) is 44.1 Å². The quantitative estimate of drug-likeness (QED) is 0.371. The summed E-state index contributed by atoms with van der Waals surface area (Å²) in [7, 11) is 5.18. The zero-order valence-corrected chi connectivity index (χ0v) is 19.0. The van der Waals surface area contributed by atoms with E-state index >= 15 is 0 Å². The lowest BCUT2D eigenvalue weighted by Gasteiger charge is -2.37. The summed E-state index contributed by atoms with van der Waals surface area (Å²) in [4.78, 5) is 6.36. The Bertz CT molecular complexity index is 598. The molecule has 1 aliphatic heterocycles. The van der Waals surface area contributed by atoms with Crippen molar-refractivity contribution < 1.29 is 13.9 Å². The average molecular weight is 497 g/mol. The Hall–Kier alpha value is -0.740. The number of benzene rings is 1. The molecule has 0 amide bonds. The zero-order valence-electron chi connectivity index (χ0n) is 15.9. The third-order valence-corrected chi connectivity index (χ3v) is 6.03. The molecule has 1 aromatic carbocycles. The molecule has 148 valence electrons. The maximum absolute atomic E-state index is 13.9. The van der Waals surface area contributed by atoms with Crippen molar-refractivity contribution in [2.24, 2.45) is 4.99 Å². The van der Waals surface area contributed by atoms with Gasteiger partial charge in [0, 0.05) is 45.1 Å². The topological polar surface area (TPSA) is 46.1 Å². The number of halogens is 2. The fraction of sp³-hybridized carbons (Fsp3) is 0.611. The average Bonchev–Trinajstić information content (AvgIpc) is 2.63. The highest BCUT2D eigenvalue weighted by Gasteiger charge is 2.32. The Morgan fingerprint density at radius 3 is 2.65 bits per heavy atom. The molecule has 0 spiro atoms. The van der Waals surface area contributed by atoms with Gasteiger partial charge in [0.25, 0.3) is 0 Å². The Morgan fingerprint density at radius 1 is 1.42 bits per heavy atom. The SMILES string of the molecule is CN=C(NCC1(SC)CCOCC1)N(C)Cc1ccc(OC)c(F)c1.I. The van der Waals surface area contributed by atoms with E-state index in [9.17, 15) is 4.39 Å². The summed E-state index contributed by atoms with van der Waals surface area (Å²) in [5, 5.41) is 3.47. The second kappa shape index (κ2) is 11.2. The first-order valence-electron chi connectivity index (χ1n) is 8.40. The van der Waals surface area contributed by atoms with Crippen LogP contribution in [0.3, 0.4) is 0 Å². The van der Waals surface area contributed by atoms with Crippen LogP contribution in [0, 0.1) is 5.82 Å². The summed E-state index contributed by atoms with van der Waals surface area (Å²) >= 11 is 1.89. The summed E-state index contributed by atoms with van der Waals surface area (Å²) in [6.45, 7) is 3.02. The van der Waals surface area contributed by atoms with Crippen LogP contribution in [0.25, 0.3) is 0 Å². The number of hydrogen-bond acceptors (Lipinski definition) is 4. The van der Waals surface area contributed by atoms with Gasteiger partial charge >= 0.3 is 0 Å². The van der Waals surface area contributed by atoms with Crippen molar-refractivity contribution in [3.05, 3.63) is 29.6 Å². The number of aliphatic imine (C=N–C) groups is 1. The standard InChI is InChI=1S/C18H28FN3O2S.HI/c1-20-17(21-13-18(25-4)7-9-24-10-8-18)22(2)12-14-5-6-16(23-3)15(19)11-14;/h5-6,11H,7-10,12-13H2,1-4H3,(H,20,21);1H. The maximum atomic E-state index is 13.9. The van der Waals surface area contributed by atoms with Crippen LogP contribution in [0.1, 0.15) is 18.4 Å². The largest absolute Gasteiger partial charge is 0.494 e. The van der Waals surface area contributed by atoms with E-state index in [1.165, 1.54) is 13.2 Å². The Kier molecular flexibility index (Phi) is 10.0. The van der Waals surface area contributed by atoms with E-state index in [4.69, 9.17) is 9.47 Å². The van der Waals surface area contributed by atoms with E-state index < -0.39 is 0 Å². The van der Waals surface area contributed by atoms with Crippen molar-refractivity contribution in [1.82, 2.24) is 10.2 Å². The highest BCUT2D eigenvalue weighted by molar-refractivity contribution is 14.0. The summed E-state index contributed by atoms with van der Waals surface area (Å²) in [5.74, 6) is 0.714. The summed E-state index contributed by atoms with van der Waals surface area (Å²) in [6.07, 6.45) is 4.22. The molecule has 5 nitrogen and oxygen atoms in total. The number of guanidine groups is 1. The third-order valence-electron chi connectivity index (χ3n) is 4.62. The van der Waals surface area contributed by atoms with Crippen molar-refractivity contribution in [2.75, 3.05) is 47.2 Å². The van der Waals surface area contributed by atoms with E-state index in [0.29, 0.717) is 6.54 Å². The van der Waals surface area contributed by atoms with Crippen molar-refractivity contribution >= 4 is 41.7 Å². The van der Waals surface area contributed by atoms with Crippen LogP contribution < -0.4 is 10.1 Å². The van der Waals surface area contributed by atoms with Crippen LogP contribution in [0.5, 0.6) is 5.75 Å². The second-order valence-electron chi connectivity index (χ2n) is 6.23. The molecule has 1 heterocycles. The van der Waals surface area contributed by atoms with Gasteiger partial charge in [0.1, 0.15) is 0 Å². The lowest BCUT2D eigenvalue weighted by Crippen LogP contribution is -2.48. The predicted octanol–water partition coefficient (Wildman–Crippen LogP) is 3.37. The molecule has 0 unspecified atom stereocenters. The number of ether oxygens (including phenoxy) is 2. The Labute approximate surface area is 177 Å². The lowest BCUT2D eigenvalue weighted by atomic mass is 9.99. The number of nitrogens with zero attached hydrogens (tertiary/aromatic N) is 2. The number of thioether (sulfide) groups is 1. The highest BCUT2D eigenvalue weighted by atomic mass is 127. The molecule has 0 aromatic heterocycles. The molecular formula is C18H29FIN3O2S. The molecular weight excluding hydrogens is 468 g/mol. The van der Waals surface area contributed by atoms with E-state index in [1.54, 1.807) is 13.1 Å². The van der Waals surface area contributed by atoms with Gasteiger partial charge in [-0.25, -0.2) is 4.39 Å². The summed E-state index contributed by atoms with van der Waals surface area (Å²) in [5.41, 5.74) is 0.870. The molecule has 1 aromatic rings. The van der Waals surface area contributed by atoms with Crippen molar-refractivity contribution in [3.63, 3.8) is 0 Å². The monoisotopic (exact) mass is 497 g/mol. The van der Waals surface area contributed by atoms with Gasteiger partial charge in [-0.1, -0.05) is 6.07 Å². The number of rotatable bonds is 6. The molecule has 1 saturated heterocycles. The van der Waals surface area contributed by atoms with Crippen LogP contribution in [0.2, 0.25) is 0 Å². The number of methoxy groups -OCH3 is 1. The second-order valence-corrected chi connectivity index (χ2v) is 7.50. The van der Waals surface area contributed by atoms with Gasteiger partial charge in [-0.3, -0.25) is 4.99 Å². The highest BCUT2D eigenvalue weighted by Crippen LogP contribution is 2.33. The van der Waals surface area contributed by atoms with Crippen LogP contribution in [-0.4, -0.2) is 62.8 Å². The molecule has 0 radical (unpaired) electrons. The third kappa shape index (κ3) is 6.16. The maximum Gasteiger partial charge on any atom is 0.193 e. The minimum absolute atomic E-state index is 0. The van der Waals surface area contributed by atoms with Crippen molar-refractivity contribution in [3.8, 4) is 5.75 Å². The van der Waals surface area contributed by atoms with Crippen molar-refractivity contribution in [1.29, 1.82) is 0 Å². The van der Waals surface area contributed by atoms with Gasteiger partial charge in [0.05, 0.1) is 7.11 Å². The van der Waals surface area contributed by atoms with Gasteiger partial charge < -0.3 is 19.7 Å². The minimum atomic E-state index is -0.347. The van der Waals surface area contributed by atoms with Crippen LogP contribution in [0.4, 0.5) is 4.39 Å². The molecule has 1 fully saturated rings. The number of hydrogen-bond donors (Lipinski definition) is 1. The Morgan fingerprint density at radius 2 is 2.12 bits per heavy atom. The minimum Gasteiger partial charge on any atom is -0.494 e. The lowest BCUT2D eigenvalue weighted by molar-refractivity contribution is 0.0781. The first-order valence-corrected chi connectivity index (χ1v) is 9.63. The summed E-state index contributed by atoms with van der Waals surface area (Å²) in [6, 6.07) is 5.03. The van der Waals surface area contributed by atoms with E-state index in [1.807, 2.05) is 29.8 Å². The zero-order chi connectivity index (χ0) is 18.3. The van der Waals surface area contributed by atoms with Crippen molar-refractivity contribution in [2.45, 2.75) is 24.1 Å². The molecule has 0 saturated carbocycles. The van der Waals surface area contributed by atoms with Crippen LogP contribution in [-0.2, 0) is 11.3 Å². The van der Waals surface area contributed by atoms with Gasteiger partial charge in [0.15, 0.2) is 17.5 Å². The molecule has 8 heteroatoms. The first kappa shape index (κ1) is 23.3. The summed E-state index contributed by atoms with van der Waals surface area (Å²) < 4.78 is 24.5. The molecule has 0 aliphatic carbocycles. The van der Waals surface area contributed by atoms with Gasteiger partial charge in [-0.2, -0.15) is 11.8 Å². The van der Waals surface area contributed by atoms with E-state index in [2.05, 4.69) is 16.6 Å². The normalized spacial score (nSPS) is 16.6. The number of nitrogens with one attached hydrogen (secondary N) is 1. The molecule has 2 rings (SSSR count). The predicted molar refractivity (Wildman–Crippen MR) is 117 cm³/mol. The molecule has 0 bridgehead atoms. The first-order chi connectivity index (χ1) is 12.0. The van der Waals surface area contributed by atoms with Crippen LogP contribution >= 0.6 is 35.7 Å². The molecule has 0 atom stereocenters. The van der Waals surface area contributed by atoms with Gasteiger partial charge in [-0.15, -0.1) is 24.0 Å². The smallest absolute Gasteiger partial charge is 0.193 e. The fourth-order valence-electron chi connectivity index (χ4n) is 2.98. The molecule has 1 aliphatic rings. The fourth-order valence-corrected chi connectivity index (χ4v) is 3.77. The van der Waals surface area contributed by atoms with E-state index in [-0.39, 0.29) is 40.3 Å². The van der Waals surface area contributed by atoms with Gasteiger partial charge in [-0.05, 0) is 36.8 Å². The van der Waals surface area contributed by atoms with Crippen LogP contribution in [0.15, 0.2) is 23.2 Å². The molecule has 1 N–H and O–H groups in total. The van der Waals surface area contributed by atoms with Gasteiger partial charge in [0.2, 0.25) is 0 Å².